The number of primary amides is 1. The number of nitrogens with zero attached hydrogens (tertiary/aromatic N) is 1. The van der Waals surface area contributed by atoms with Gasteiger partial charge in [0.2, 0.25) is 11.8 Å². The van der Waals surface area contributed by atoms with Gasteiger partial charge in [-0.3, -0.25) is 9.59 Å². The fourth-order valence-corrected chi connectivity index (χ4v) is 2.22. The molecule has 5 N–H and O–H groups in total. The lowest BCUT2D eigenvalue weighted by atomic mass is 10.1. The van der Waals surface area contributed by atoms with Crippen LogP contribution in [0.4, 0.5) is 5.82 Å². The van der Waals surface area contributed by atoms with Gasteiger partial charge in [-0.05, 0) is 42.7 Å². The first-order valence-corrected chi connectivity index (χ1v) is 7.33. The van der Waals surface area contributed by atoms with Gasteiger partial charge in [0.1, 0.15) is 5.82 Å². The lowest BCUT2D eigenvalue weighted by molar-refractivity contribution is -0.121. The SMILES string of the molecule is Cc1nc(N)ccc1CNC(=O)CCc1cccc(C(N)=O)c1. The number of pyridine rings is 1. The van der Waals surface area contributed by atoms with Crippen molar-refractivity contribution in [2.45, 2.75) is 26.3 Å². The van der Waals surface area contributed by atoms with Crippen LogP contribution in [0.2, 0.25) is 0 Å². The molecule has 0 saturated carbocycles. The van der Waals surface area contributed by atoms with E-state index >= 15 is 0 Å². The molecule has 0 atom stereocenters. The molecule has 0 saturated heterocycles. The second kappa shape index (κ2) is 7.40. The van der Waals surface area contributed by atoms with E-state index in [1.54, 1.807) is 24.3 Å². The number of aryl methyl sites for hydroxylation is 2. The maximum absolute atomic E-state index is 11.9. The van der Waals surface area contributed by atoms with Crippen LogP contribution in [0.5, 0.6) is 0 Å². The van der Waals surface area contributed by atoms with E-state index < -0.39 is 5.91 Å². The van der Waals surface area contributed by atoms with Crippen LogP contribution in [0.15, 0.2) is 36.4 Å². The summed E-state index contributed by atoms with van der Waals surface area (Å²) in [7, 11) is 0. The van der Waals surface area contributed by atoms with Gasteiger partial charge in [-0.1, -0.05) is 18.2 Å². The number of nitrogens with two attached hydrogens (primary N) is 2. The van der Waals surface area contributed by atoms with Crippen LogP contribution < -0.4 is 16.8 Å². The lowest BCUT2D eigenvalue weighted by Crippen LogP contribution is -2.23. The molecule has 0 aliphatic rings. The summed E-state index contributed by atoms with van der Waals surface area (Å²) in [6.07, 6.45) is 0.885. The normalized spacial score (nSPS) is 10.3. The predicted octanol–water partition coefficient (Wildman–Crippen LogP) is 1.32. The first-order chi connectivity index (χ1) is 11.0. The summed E-state index contributed by atoms with van der Waals surface area (Å²) in [6.45, 7) is 2.27. The van der Waals surface area contributed by atoms with Gasteiger partial charge < -0.3 is 16.8 Å². The molecule has 1 aromatic heterocycles. The Hall–Kier alpha value is -2.89. The highest BCUT2D eigenvalue weighted by molar-refractivity contribution is 5.92. The number of hydrogen-bond donors (Lipinski definition) is 3. The van der Waals surface area contributed by atoms with Crippen molar-refractivity contribution in [3.05, 3.63) is 58.8 Å². The molecule has 6 nitrogen and oxygen atoms in total. The van der Waals surface area contributed by atoms with Gasteiger partial charge in [0.05, 0.1) is 0 Å². The predicted molar refractivity (Wildman–Crippen MR) is 88.5 cm³/mol. The summed E-state index contributed by atoms with van der Waals surface area (Å²) < 4.78 is 0. The first-order valence-electron chi connectivity index (χ1n) is 7.33. The van der Waals surface area contributed by atoms with E-state index in [9.17, 15) is 9.59 Å². The van der Waals surface area contributed by atoms with Crippen LogP contribution in [0.1, 0.15) is 33.6 Å². The van der Waals surface area contributed by atoms with Crippen LogP contribution in [0, 0.1) is 6.92 Å². The maximum atomic E-state index is 11.9. The molecular formula is C17H20N4O2. The van der Waals surface area contributed by atoms with Gasteiger partial charge in [0.15, 0.2) is 0 Å². The van der Waals surface area contributed by atoms with E-state index in [2.05, 4.69) is 10.3 Å². The van der Waals surface area contributed by atoms with Crippen LogP contribution in [-0.4, -0.2) is 16.8 Å². The van der Waals surface area contributed by atoms with E-state index in [1.165, 1.54) is 0 Å². The molecule has 1 heterocycles. The molecule has 6 heteroatoms. The van der Waals surface area contributed by atoms with Gasteiger partial charge in [0, 0.05) is 24.2 Å². The largest absolute Gasteiger partial charge is 0.384 e. The molecule has 120 valence electrons. The zero-order valence-electron chi connectivity index (χ0n) is 13.0. The van der Waals surface area contributed by atoms with Crippen molar-refractivity contribution in [2.24, 2.45) is 5.73 Å². The highest BCUT2D eigenvalue weighted by Gasteiger charge is 2.06. The molecular weight excluding hydrogens is 292 g/mol. The summed E-state index contributed by atoms with van der Waals surface area (Å²) in [6, 6.07) is 10.6. The Bertz CT molecular complexity index is 728. The van der Waals surface area contributed by atoms with E-state index in [0.29, 0.717) is 30.8 Å². The van der Waals surface area contributed by atoms with Crippen LogP contribution in [0.25, 0.3) is 0 Å². The highest BCUT2D eigenvalue weighted by atomic mass is 16.1. The van der Waals surface area contributed by atoms with Crippen molar-refractivity contribution < 1.29 is 9.59 Å². The number of aromatic nitrogens is 1. The fraction of sp³-hybridized carbons (Fsp3) is 0.235. The number of nitrogen functional groups attached to an aromatic ring is 1. The highest BCUT2D eigenvalue weighted by Crippen LogP contribution is 2.09. The molecule has 2 rings (SSSR count). The third-order valence-electron chi connectivity index (χ3n) is 3.55. The van der Waals surface area contributed by atoms with Crippen molar-refractivity contribution >= 4 is 17.6 Å². The van der Waals surface area contributed by atoms with Gasteiger partial charge in [-0.25, -0.2) is 4.98 Å². The number of rotatable bonds is 6. The van der Waals surface area contributed by atoms with E-state index in [4.69, 9.17) is 11.5 Å². The monoisotopic (exact) mass is 312 g/mol. The zero-order chi connectivity index (χ0) is 16.8. The van der Waals surface area contributed by atoms with Crippen molar-refractivity contribution in [1.29, 1.82) is 0 Å². The quantitative estimate of drug-likeness (QED) is 0.747. The van der Waals surface area contributed by atoms with Crippen molar-refractivity contribution in [1.82, 2.24) is 10.3 Å². The number of carbonyl (C=O) groups is 2. The third-order valence-corrected chi connectivity index (χ3v) is 3.55. The number of hydrogen-bond acceptors (Lipinski definition) is 4. The van der Waals surface area contributed by atoms with E-state index in [1.807, 2.05) is 19.1 Å². The Morgan fingerprint density at radius 2 is 2.00 bits per heavy atom. The molecule has 2 amide bonds. The maximum Gasteiger partial charge on any atom is 0.248 e. The summed E-state index contributed by atoms with van der Waals surface area (Å²) in [5.74, 6) is -0.0692. The standard InChI is InChI=1S/C17H20N4O2/c1-11-14(6-7-15(18)21-11)10-20-16(22)8-5-12-3-2-4-13(9-12)17(19)23/h2-4,6-7,9H,5,8,10H2,1H3,(H2,18,21)(H2,19,23)(H,20,22). The fourth-order valence-electron chi connectivity index (χ4n) is 2.22. The number of carbonyl (C=O) groups excluding carboxylic acids is 2. The third kappa shape index (κ3) is 4.81. The molecule has 1 aromatic carbocycles. The Morgan fingerprint density at radius 1 is 1.22 bits per heavy atom. The van der Waals surface area contributed by atoms with Crippen LogP contribution in [-0.2, 0) is 17.8 Å². The topological polar surface area (TPSA) is 111 Å². The van der Waals surface area contributed by atoms with Gasteiger partial charge in [-0.2, -0.15) is 0 Å². The summed E-state index contributed by atoms with van der Waals surface area (Å²) in [5.41, 5.74) is 13.9. The minimum absolute atomic E-state index is 0.0642. The molecule has 0 radical (unpaired) electrons. The zero-order valence-corrected chi connectivity index (χ0v) is 13.0. The molecule has 2 aromatic rings. The minimum atomic E-state index is -0.470. The minimum Gasteiger partial charge on any atom is -0.384 e. The smallest absolute Gasteiger partial charge is 0.248 e. The first kappa shape index (κ1) is 16.5. The van der Waals surface area contributed by atoms with Crippen LogP contribution in [0.3, 0.4) is 0 Å². The Balaban J connectivity index is 1.85. The molecule has 0 aliphatic carbocycles. The number of nitrogens with one attached hydrogen (secondary N) is 1. The second-order valence-corrected chi connectivity index (χ2v) is 5.32. The summed E-state index contributed by atoms with van der Waals surface area (Å²) in [5, 5.41) is 2.86. The lowest BCUT2D eigenvalue weighted by Gasteiger charge is -2.08. The summed E-state index contributed by atoms with van der Waals surface area (Å²) in [4.78, 5) is 27.2. The van der Waals surface area contributed by atoms with Gasteiger partial charge in [-0.15, -0.1) is 0 Å². The number of benzene rings is 1. The molecule has 0 aliphatic heterocycles. The van der Waals surface area contributed by atoms with E-state index in [0.717, 1.165) is 16.8 Å². The molecule has 0 fully saturated rings. The Morgan fingerprint density at radius 3 is 2.70 bits per heavy atom. The van der Waals surface area contributed by atoms with E-state index in [-0.39, 0.29) is 5.91 Å². The van der Waals surface area contributed by atoms with Crippen LogP contribution >= 0.6 is 0 Å². The second-order valence-electron chi connectivity index (χ2n) is 5.32. The average molecular weight is 312 g/mol. The van der Waals surface area contributed by atoms with Crippen molar-refractivity contribution in [3.8, 4) is 0 Å². The van der Waals surface area contributed by atoms with Crippen molar-refractivity contribution in [2.75, 3.05) is 5.73 Å². The van der Waals surface area contributed by atoms with Gasteiger partial charge in [0.25, 0.3) is 0 Å². The molecule has 0 bridgehead atoms. The van der Waals surface area contributed by atoms with Gasteiger partial charge >= 0.3 is 0 Å². The molecule has 0 spiro atoms. The molecule has 0 unspecified atom stereocenters. The number of amides is 2. The number of anilines is 1. The Labute approximate surface area is 134 Å². The average Bonchev–Trinajstić information content (AvgIpc) is 2.52. The van der Waals surface area contributed by atoms with Crippen molar-refractivity contribution in [3.63, 3.8) is 0 Å². The molecule has 23 heavy (non-hydrogen) atoms. The Kier molecular flexibility index (Phi) is 5.30. The summed E-state index contributed by atoms with van der Waals surface area (Å²) >= 11 is 0.